The third kappa shape index (κ3) is 8.48. The number of likely N-dealkylation sites (N-methyl/N-ethyl adjacent to an activating group) is 2. The molecule has 9 nitrogen and oxygen atoms in total. The summed E-state index contributed by atoms with van der Waals surface area (Å²) in [5.74, 6) is 1.06. The van der Waals surface area contributed by atoms with Gasteiger partial charge in [0.15, 0.2) is 0 Å². The first-order valence-corrected chi connectivity index (χ1v) is 12.9. The molecule has 1 aliphatic heterocycles. The lowest BCUT2D eigenvalue weighted by Gasteiger charge is -2.26. The molecule has 1 unspecified atom stereocenters. The normalized spacial score (nSPS) is 16.4. The summed E-state index contributed by atoms with van der Waals surface area (Å²) in [6.45, 7) is 13.2. The van der Waals surface area contributed by atoms with E-state index < -0.39 is 5.60 Å². The van der Waals surface area contributed by atoms with Crippen molar-refractivity contribution in [2.24, 2.45) is 5.92 Å². The van der Waals surface area contributed by atoms with Crippen molar-refractivity contribution < 1.29 is 19.0 Å². The lowest BCUT2D eigenvalue weighted by Crippen LogP contribution is -2.38. The Hall–Kier alpha value is -2.65. The van der Waals surface area contributed by atoms with E-state index in [1.165, 1.54) is 0 Å². The van der Waals surface area contributed by atoms with Crippen LogP contribution >= 0.6 is 0 Å². The number of pyridine rings is 1. The third-order valence-electron chi connectivity index (χ3n) is 5.80. The Bertz CT molecular complexity index is 962. The predicted molar refractivity (Wildman–Crippen MR) is 140 cm³/mol. The van der Waals surface area contributed by atoms with Crippen LogP contribution in [-0.4, -0.2) is 76.7 Å². The van der Waals surface area contributed by atoms with Crippen LogP contribution in [0.4, 0.5) is 4.79 Å². The molecular weight excluding hydrogens is 458 g/mol. The summed E-state index contributed by atoms with van der Waals surface area (Å²) in [5.41, 5.74) is 2.41. The van der Waals surface area contributed by atoms with E-state index in [1.807, 2.05) is 50.8 Å². The molecule has 36 heavy (non-hydrogen) atoms. The Labute approximate surface area is 215 Å². The first-order chi connectivity index (χ1) is 17.0. The zero-order valence-electron chi connectivity index (χ0n) is 23.0. The lowest BCUT2D eigenvalue weighted by molar-refractivity contribution is -0.0394. The summed E-state index contributed by atoms with van der Waals surface area (Å²) < 4.78 is 19.1. The Morgan fingerprint density at radius 3 is 2.61 bits per heavy atom. The van der Waals surface area contributed by atoms with Crippen LogP contribution in [0.1, 0.15) is 65.7 Å². The number of hydrogen-bond acceptors (Lipinski definition) is 7. The van der Waals surface area contributed by atoms with Crippen molar-refractivity contribution in [1.82, 2.24) is 24.6 Å². The van der Waals surface area contributed by atoms with Gasteiger partial charge in [0.05, 0.1) is 12.3 Å². The molecule has 2 aromatic heterocycles. The van der Waals surface area contributed by atoms with Crippen LogP contribution in [0.3, 0.4) is 0 Å². The molecule has 3 rings (SSSR count). The molecule has 1 fully saturated rings. The maximum absolute atomic E-state index is 12.3. The van der Waals surface area contributed by atoms with Crippen LogP contribution in [0.25, 0.3) is 11.3 Å². The van der Waals surface area contributed by atoms with E-state index in [9.17, 15) is 4.79 Å². The average Bonchev–Trinajstić information content (AvgIpc) is 3.24. The van der Waals surface area contributed by atoms with Gasteiger partial charge in [0, 0.05) is 62.9 Å². The van der Waals surface area contributed by atoms with Gasteiger partial charge in [-0.2, -0.15) is 5.10 Å². The fourth-order valence-corrected chi connectivity index (χ4v) is 3.85. The molecule has 0 radical (unpaired) electrons. The molecule has 3 heterocycles. The lowest BCUT2D eigenvalue weighted by atomic mass is 10.1. The average molecular weight is 502 g/mol. The smallest absolute Gasteiger partial charge is 0.410 e. The van der Waals surface area contributed by atoms with Crippen molar-refractivity contribution in [2.45, 2.75) is 72.3 Å². The highest BCUT2D eigenvalue weighted by Crippen LogP contribution is 2.28. The van der Waals surface area contributed by atoms with Gasteiger partial charge in [-0.1, -0.05) is 13.8 Å². The molecule has 9 heteroatoms. The quantitative estimate of drug-likeness (QED) is 0.454. The van der Waals surface area contributed by atoms with Crippen molar-refractivity contribution >= 4 is 6.09 Å². The number of nitrogens with zero attached hydrogens (tertiary/aromatic N) is 5. The van der Waals surface area contributed by atoms with Crippen molar-refractivity contribution in [3.05, 3.63) is 30.1 Å². The van der Waals surface area contributed by atoms with E-state index in [0.29, 0.717) is 38.0 Å². The summed E-state index contributed by atoms with van der Waals surface area (Å²) in [4.78, 5) is 20.6. The minimum absolute atomic E-state index is 0.0449. The van der Waals surface area contributed by atoms with Crippen LogP contribution in [-0.2, 0) is 16.0 Å². The molecule has 0 N–H and O–H groups in total. The molecule has 1 saturated heterocycles. The standard InChI is InChI=1S/C27H43N5O4/c1-20(2)19-35-23-12-11-21(16-28-23)25-22(18-32(29-25)24-10-8-9-15-34-24)17-30(6)13-14-31(7)26(33)36-27(3,4)5/h11-12,16,18,20,24H,8-10,13-15,17,19H2,1-7H3. The van der Waals surface area contributed by atoms with Gasteiger partial charge in [-0.05, 0) is 59.1 Å². The van der Waals surface area contributed by atoms with Gasteiger partial charge in [-0.3, -0.25) is 0 Å². The highest BCUT2D eigenvalue weighted by Gasteiger charge is 2.22. The number of carbonyl (C=O) groups is 1. The maximum Gasteiger partial charge on any atom is 0.410 e. The number of carbonyl (C=O) groups excluding carboxylic acids is 1. The minimum atomic E-state index is -0.509. The van der Waals surface area contributed by atoms with Gasteiger partial charge in [0.2, 0.25) is 5.88 Å². The van der Waals surface area contributed by atoms with Crippen LogP contribution in [0.2, 0.25) is 0 Å². The van der Waals surface area contributed by atoms with E-state index in [4.69, 9.17) is 19.3 Å². The molecule has 0 aliphatic carbocycles. The zero-order chi connectivity index (χ0) is 26.3. The molecule has 1 aliphatic rings. The van der Waals surface area contributed by atoms with Crippen molar-refractivity contribution in [2.75, 3.05) is 40.4 Å². The van der Waals surface area contributed by atoms with Crippen molar-refractivity contribution in [3.8, 4) is 17.1 Å². The fraction of sp³-hybridized carbons (Fsp3) is 0.667. The van der Waals surface area contributed by atoms with E-state index in [1.54, 1.807) is 11.9 Å². The first kappa shape index (κ1) is 27.9. The van der Waals surface area contributed by atoms with Crippen LogP contribution < -0.4 is 4.74 Å². The molecule has 0 aromatic carbocycles. The minimum Gasteiger partial charge on any atom is -0.477 e. The Kier molecular flexibility index (Phi) is 9.73. The Morgan fingerprint density at radius 1 is 1.22 bits per heavy atom. The molecule has 0 bridgehead atoms. The monoisotopic (exact) mass is 501 g/mol. The molecule has 0 saturated carbocycles. The second kappa shape index (κ2) is 12.5. The molecule has 1 atom stereocenters. The summed E-state index contributed by atoms with van der Waals surface area (Å²) in [5, 5.41) is 4.92. The Morgan fingerprint density at radius 2 is 2.00 bits per heavy atom. The predicted octanol–water partition coefficient (Wildman–Crippen LogP) is 4.98. The van der Waals surface area contributed by atoms with Gasteiger partial charge in [0.1, 0.15) is 11.8 Å². The largest absolute Gasteiger partial charge is 0.477 e. The number of aromatic nitrogens is 3. The second-order valence-electron chi connectivity index (χ2n) is 11.0. The van der Waals surface area contributed by atoms with E-state index in [-0.39, 0.29) is 12.3 Å². The first-order valence-electron chi connectivity index (χ1n) is 12.9. The van der Waals surface area contributed by atoms with E-state index in [0.717, 1.165) is 42.7 Å². The highest BCUT2D eigenvalue weighted by atomic mass is 16.6. The molecular formula is C27H43N5O4. The van der Waals surface area contributed by atoms with Gasteiger partial charge in [-0.15, -0.1) is 0 Å². The van der Waals surface area contributed by atoms with Gasteiger partial charge >= 0.3 is 6.09 Å². The number of ether oxygens (including phenoxy) is 3. The van der Waals surface area contributed by atoms with E-state index in [2.05, 4.69) is 29.9 Å². The van der Waals surface area contributed by atoms with Crippen molar-refractivity contribution in [3.63, 3.8) is 0 Å². The van der Waals surface area contributed by atoms with E-state index >= 15 is 0 Å². The summed E-state index contributed by atoms with van der Waals surface area (Å²) in [6.07, 6.45) is 6.73. The molecule has 200 valence electrons. The van der Waals surface area contributed by atoms with Crippen LogP contribution in [0, 0.1) is 5.92 Å². The number of hydrogen-bond donors (Lipinski definition) is 0. The molecule has 1 amide bonds. The summed E-state index contributed by atoms with van der Waals surface area (Å²) in [6, 6.07) is 3.91. The number of amides is 1. The zero-order valence-corrected chi connectivity index (χ0v) is 23.0. The molecule has 0 spiro atoms. The van der Waals surface area contributed by atoms with Crippen LogP contribution in [0.15, 0.2) is 24.5 Å². The van der Waals surface area contributed by atoms with Crippen LogP contribution in [0.5, 0.6) is 5.88 Å². The van der Waals surface area contributed by atoms with Gasteiger partial charge < -0.3 is 24.0 Å². The maximum atomic E-state index is 12.3. The van der Waals surface area contributed by atoms with Gasteiger partial charge in [-0.25, -0.2) is 14.5 Å². The summed E-state index contributed by atoms with van der Waals surface area (Å²) >= 11 is 0. The SMILES string of the molecule is CC(C)COc1ccc(-c2nn(C3CCCCO3)cc2CN(C)CCN(C)C(=O)OC(C)(C)C)cn1. The fourth-order valence-electron chi connectivity index (χ4n) is 3.85. The second-order valence-corrected chi connectivity index (χ2v) is 11.0. The van der Waals surface area contributed by atoms with Gasteiger partial charge in [0.25, 0.3) is 0 Å². The summed E-state index contributed by atoms with van der Waals surface area (Å²) in [7, 11) is 3.81. The third-order valence-corrected chi connectivity index (χ3v) is 5.80. The number of rotatable bonds is 10. The highest BCUT2D eigenvalue weighted by molar-refractivity contribution is 5.67. The Balaban J connectivity index is 1.72. The van der Waals surface area contributed by atoms with Crippen molar-refractivity contribution in [1.29, 1.82) is 0 Å². The topological polar surface area (TPSA) is 82.0 Å². The molecule has 2 aromatic rings.